The molecule has 0 bridgehead atoms. The molecule has 0 radical (unpaired) electrons. The van der Waals surface area contributed by atoms with Crippen LogP contribution in [0.4, 0.5) is 0 Å². The van der Waals surface area contributed by atoms with Crippen LogP contribution in [-0.4, -0.2) is 22.3 Å². The number of carbonyl (C=O) groups excluding carboxylic acids is 1. The normalized spacial score (nSPS) is 11.4. The van der Waals surface area contributed by atoms with Gasteiger partial charge in [-0.25, -0.2) is 0 Å². The molecule has 0 unspecified atom stereocenters. The third-order valence-electron chi connectivity index (χ3n) is 2.40. The minimum absolute atomic E-state index is 0.220. The van der Waals surface area contributed by atoms with Gasteiger partial charge in [0.25, 0.3) is 0 Å². The largest absolute Gasteiger partial charge is 0.425 e. The highest BCUT2D eigenvalue weighted by Crippen LogP contribution is 2.40. The van der Waals surface area contributed by atoms with E-state index in [1.807, 2.05) is 0 Å². The van der Waals surface area contributed by atoms with Crippen molar-refractivity contribution in [2.45, 2.75) is 20.0 Å². The van der Waals surface area contributed by atoms with Crippen LogP contribution in [-0.2, 0) is 15.5 Å². The van der Waals surface area contributed by atoms with E-state index in [0.717, 1.165) is 0 Å². The number of aryl methyl sites for hydroxylation is 2. The van der Waals surface area contributed by atoms with Crippen molar-refractivity contribution in [2.75, 3.05) is 6.54 Å². The summed E-state index contributed by atoms with van der Waals surface area (Å²) in [6.07, 6.45) is -0.329. The lowest BCUT2D eigenvalue weighted by atomic mass is 10.1. The van der Waals surface area contributed by atoms with Gasteiger partial charge in [0.2, 0.25) is 0 Å². The molecule has 0 saturated carbocycles. The zero-order chi connectivity index (χ0) is 13.9. The summed E-state index contributed by atoms with van der Waals surface area (Å²) in [5.74, 6) is -0.197. The quantitative estimate of drug-likeness (QED) is 0.426. The van der Waals surface area contributed by atoms with Gasteiger partial charge in [-0.15, -0.1) is 0 Å². The van der Waals surface area contributed by atoms with E-state index >= 15 is 0 Å². The summed E-state index contributed by atoms with van der Waals surface area (Å²) in [5.41, 5.74) is 6.97. The average molecular weight is 273 g/mol. The molecule has 0 amide bonds. The van der Waals surface area contributed by atoms with Gasteiger partial charge in [0.1, 0.15) is 5.75 Å². The molecular formula is C11H16NO5P. The highest BCUT2D eigenvalue weighted by molar-refractivity contribution is 7.50. The Morgan fingerprint density at radius 3 is 2.44 bits per heavy atom. The number of ether oxygens (including phenoxy) is 1. The van der Waals surface area contributed by atoms with Crippen LogP contribution < -0.4 is 10.5 Å². The van der Waals surface area contributed by atoms with Crippen LogP contribution in [0.1, 0.15) is 16.7 Å². The zero-order valence-corrected chi connectivity index (χ0v) is 11.1. The third kappa shape index (κ3) is 4.23. The molecule has 1 aromatic carbocycles. The number of hydrogen-bond donors (Lipinski definition) is 3. The van der Waals surface area contributed by atoms with Gasteiger partial charge in [-0.1, -0.05) is 6.07 Å². The van der Waals surface area contributed by atoms with Crippen molar-refractivity contribution < 1.29 is 23.9 Å². The maximum atomic E-state index is 11.1. The van der Waals surface area contributed by atoms with Crippen LogP contribution >= 0.6 is 7.60 Å². The SMILES string of the molecule is Cc1cc(OC(=O)CN)c(C)cc1CP(=O)(O)O. The second-order valence-corrected chi connectivity index (χ2v) is 5.69. The lowest BCUT2D eigenvalue weighted by molar-refractivity contribution is -0.132. The van der Waals surface area contributed by atoms with Crippen LogP contribution in [0.25, 0.3) is 0 Å². The van der Waals surface area contributed by atoms with E-state index in [1.54, 1.807) is 26.0 Å². The van der Waals surface area contributed by atoms with E-state index in [-0.39, 0.29) is 12.7 Å². The first-order valence-corrected chi connectivity index (χ1v) is 7.08. The molecule has 0 heterocycles. The fraction of sp³-hybridized carbons (Fsp3) is 0.364. The second-order valence-electron chi connectivity index (χ2n) is 4.05. The van der Waals surface area contributed by atoms with Gasteiger partial charge in [-0.05, 0) is 36.6 Å². The van der Waals surface area contributed by atoms with Gasteiger partial charge in [-0.3, -0.25) is 9.36 Å². The fourth-order valence-corrected chi connectivity index (χ4v) is 2.30. The summed E-state index contributed by atoms with van der Waals surface area (Å²) in [5, 5.41) is 0. The molecule has 100 valence electrons. The van der Waals surface area contributed by atoms with E-state index < -0.39 is 13.6 Å². The predicted octanol–water partition coefficient (Wildman–Crippen LogP) is 0.845. The number of rotatable bonds is 4. The average Bonchev–Trinajstić information content (AvgIpc) is 2.23. The molecule has 18 heavy (non-hydrogen) atoms. The summed E-state index contributed by atoms with van der Waals surface area (Å²) in [6.45, 7) is 3.18. The lowest BCUT2D eigenvalue weighted by Crippen LogP contribution is -2.20. The number of nitrogens with two attached hydrogens (primary N) is 1. The Balaban J connectivity index is 3.04. The molecular weight excluding hydrogens is 257 g/mol. The van der Waals surface area contributed by atoms with E-state index in [0.29, 0.717) is 22.4 Å². The Kier molecular flexibility index (Phi) is 4.65. The smallest absolute Gasteiger partial charge is 0.329 e. The van der Waals surface area contributed by atoms with E-state index in [4.69, 9.17) is 20.3 Å². The number of carbonyl (C=O) groups is 1. The Bertz CT molecular complexity index is 508. The zero-order valence-electron chi connectivity index (χ0n) is 10.2. The van der Waals surface area contributed by atoms with Crippen LogP contribution in [0.2, 0.25) is 0 Å². The topological polar surface area (TPSA) is 110 Å². The Morgan fingerprint density at radius 2 is 1.94 bits per heavy atom. The standard InChI is InChI=1S/C11H16NO5P/c1-7-4-10(17-11(13)5-12)8(2)3-9(7)6-18(14,15)16/h3-4H,5-6,12H2,1-2H3,(H2,14,15,16). The molecule has 4 N–H and O–H groups in total. The molecule has 0 aromatic heterocycles. The molecule has 1 rings (SSSR count). The monoisotopic (exact) mass is 273 g/mol. The molecule has 0 spiro atoms. The van der Waals surface area contributed by atoms with Gasteiger partial charge in [-0.2, -0.15) is 0 Å². The molecule has 1 aromatic rings. The van der Waals surface area contributed by atoms with Crippen LogP contribution in [0.5, 0.6) is 5.75 Å². The van der Waals surface area contributed by atoms with Gasteiger partial charge in [0, 0.05) is 0 Å². The molecule has 0 atom stereocenters. The maximum Gasteiger partial charge on any atom is 0.329 e. The van der Waals surface area contributed by atoms with Crippen molar-refractivity contribution >= 4 is 13.6 Å². The van der Waals surface area contributed by atoms with Crippen LogP contribution in [0.15, 0.2) is 12.1 Å². The first-order chi connectivity index (χ1) is 8.23. The summed E-state index contributed by atoms with van der Waals surface area (Å²) < 4.78 is 16.0. The fourth-order valence-electron chi connectivity index (χ4n) is 1.52. The minimum Gasteiger partial charge on any atom is -0.425 e. The Labute approximate surface area is 105 Å². The number of esters is 1. The molecule has 6 nitrogen and oxygen atoms in total. The summed E-state index contributed by atoms with van der Waals surface area (Å²) >= 11 is 0. The van der Waals surface area contributed by atoms with Crippen LogP contribution in [0.3, 0.4) is 0 Å². The highest BCUT2D eigenvalue weighted by atomic mass is 31.2. The lowest BCUT2D eigenvalue weighted by Gasteiger charge is -2.12. The second kappa shape index (κ2) is 5.63. The summed E-state index contributed by atoms with van der Waals surface area (Å²) in [7, 11) is -4.11. The minimum atomic E-state index is -4.11. The molecule has 7 heteroatoms. The van der Waals surface area contributed by atoms with Gasteiger partial charge < -0.3 is 20.3 Å². The first kappa shape index (κ1) is 14.9. The maximum absolute atomic E-state index is 11.1. The Hall–Kier alpha value is -1.20. The molecule has 0 fully saturated rings. The molecule has 0 aliphatic rings. The van der Waals surface area contributed by atoms with E-state index in [2.05, 4.69) is 0 Å². The van der Waals surface area contributed by atoms with Crippen LogP contribution in [0, 0.1) is 13.8 Å². The Morgan fingerprint density at radius 1 is 1.33 bits per heavy atom. The van der Waals surface area contributed by atoms with Crippen molar-refractivity contribution in [1.29, 1.82) is 0 Å². The summed E-state index contributed by atoms with van der Waals surface area (Å²) in [6, 6.07) is 3.18. The van der Waals surface area contributed by atoms with Gasteiger partial charge in [0.15, 0.2) is 0 Å². The van der Waals surface area contributed by atoms with E-state index in [9.17, 15) is 9.36 Å². The first-order valence-electron chi connectivity index (χ1n) is 5.28. The molecule has 0 aliphatic carbocycles. The van der Waals surface area contributed by atoms with Gasteiger partial charge in [0.05, 0.1) is 12.7 Å². The third-order valence-corrected chi connectivity index (χ3v) is 3.15. The molecule has 0 saturated heterocycles. The molecule has 0 aliphatic heterocycles. The van der Waals surface area contributed by atoms with Gasteiger partial charge >= 0.3 is 13.6 Å². The van der Waals surface area contributed by atoms with Crippen molar-refractivity contribution in [3.8, 4) is 5.75 Å². The van der Waals surface area contributed by atoms with Crippen molar-refractivity contribution in [3.05, 3.63) is 28.8 Å². The summed E-state index contributed by atoms with van der Waals surface area (Å²) in [4.78, 5) is 29.0. The predicted molar refractivity (Wildman–Crippen MR) is 66.4 cm³/mol. The van der Waals surface area contributed by atoms with Crippen molar-refractivity contribution in [2.24, 2.45) is 5.73 Å². The van der Waals surface area contributed by atoms with Crippen molar-refractivity contribution in [3.63, 3.8) is 0 Å². The number of hydrogen-bond acceptors (Lipinski definition) is 4. The van der Waals surface area contributed by atoms with Crippen molar-refractivity contribution in [1.82, 2.24) is 0 Å². The van der Waals surface area contributed by atoms with E-state index in [1.165, 1.54) is 0 Å². The highest BCUT2D eigenvalue weighted by Gasteiger charge is 2.17. The number of benzene rings is 1.